The summed E-state index contributed by atoms with van der Waals surface area (Å²) < 4.78 is 65.0. The molecule has 0 amide bonds. The molecule has 1 fully saturated rings. The van der Waals surface area contributed by atoms with E-state index in [0.29, 0.717) is 28.0 Å². The summed E-state index contributed by atoms with van der Waals surface area (Å²) in [6, 6.07) is 52.5. The van der Waals surface area contributed by atoms with Crippen molar-refractivity contribution in [1.82, 2.24) is 14.5 Å². The molecule has 0 atom stereocenters. The van der Waals surface area contributed by atoms with Crippen LogP contribution in [0.2, 0.25) is 0 Å². The SMILES string of the molecule is Cc1cccc(C)c1-n1c(-c2[c-]cc(F)cc2)nc2ccccc21.[2H]c1cc(C2([2H])CCC(C)(C)CC2)ccc1-c1cc(-c2[c-]ccc3c2oc2c(-c4ccccc4)cccc23)ncc1C([2H])([2H])[2H].[Ir]. The molecule has 65 heavy (non-hydrogen) atoms. The fraction of sp³-hybridized carbons (Fsp3) is 0.186. The molecule has 0 saturated heterocycles. The Morgan fingerprint density at radius 3 is 2.28 bits per heavy atom. The van der Waals surface area contributed by atoms with E-state index in [4.69, 9.17) is 14.9 Å². The van der Waals surface area contributed by atoms with Crippen LogP contribution in [0.5, 0.6) is 0 Å². The minimum Gasteiger partial charge on any atom is -0.500 e. The predicted octanol–water partition coefficient (Wildman–Crippen LogP) is 16.0. The number of furan rings is 1. The Hall–Kier alpha value is -6.46. The minimum atomic E-state index is -2.43. The zero-order valence-electron chi connectivity index (χ0n) is 41.7. The first kappa shape index (κ1) is 37.9. The van der Waals surface area contributed by atoms with Gasteiger partial charge in [-0.15, -0.1) is 48.0 Å². The number of benzene rings is 7. The average Bonchev–Trinajstić information content (AvgIpc) is 3.92. The van der Waals surface area contributed by atoms with Gasteiger partial charge in [-0.1, -0.05) is 134 Å². The first-order chi connectivity index (χ1) is 33.1. The molecule has 1 aliphatic carbocycles. The maximum absolute atomic E-state index is 13.3. The van der Waals surface area contributed by atoms with Crippen LogP contribution < -0.4 is 0 Å². The molecule has 4 nitrogen and oxygen atoms in total. The van der Waals surface area contributed by atoms with E-state index in [9.17, 15) is 5.76 Å². The molecule has 0 aliphatic heterocycles. The smallest absolute Gasteiger partial charge is 0.128 e. The molecule has 1 radical (unpaired) electrons. The van der Waals surface area contributed by atoms with Crippen molar-refractivity contribution in [3.05, 3.63) is 198 Å². The van der Waals surface area contributed by atoms with Gasteiger partial charge in [0.15, 0.2) is 0 Å². The van der Waals surface area contributed by atoms with Gasteiger partial charge in [0, 0.05) is 54.2 Å². The van der Waals surface area contributed by atoms with Gasteiger partial charge in [0.2, 0.25) is 0 Å². The fourth-order valence-corrected chi connectivity index (χ4v) is 9.08. The Labute approximate surface area is 401 Å². The molecular weight excluding hydrogens is 978 g/mol. The standard InChI is InChI=1S/C38H34NO.C21H16FN2.Ir/c1-25-24-39-35(23-34(25)29-17-15-26(16-18-29)27-19-21-38(2,3)22-20-27)33-14-8-13-32-31-12-7-11-30(36(31)40-37(32)33)28-9-5-4-6-10-28;1-14-6-5-7-15(2)20(14)24-19-9-4-3-8-18(19)23-21(24)16-10-12-17(22)13-11-16;/h4-13,15-18,23-24,27H,19-22H2,1-3H3;3-10,12-13H,1-2H3;/q2*-1;/i1D3,17D,27D;;. The van der Waals surface area contributed by atoms with Crippen LogP contribution in [-0.2, 0) is 20.1 Å². The van der Waals surface area contributed by atoms with E-state index >= 15 is 0 Å². The second kappa shape index (κ2) is 18.2. The summed E-state index contributed by atoms with van der Waals surface area (Å²) in [5.74, 6) is -0.271. The molecule has 0 unspecified atom stereocenters. The number of rotatable bonds is 6. The number of aryl methyl sites for hydroxylation is 3. The van der Waals surface area contributed by atoms with Crippen LogP contribution >= 0.6 is 0 Å². The van der Waals surface area contributed by atoms with Crippen molar-refractivity contribution in [3.63, 3.8) is 0 Å². The van der Waals surface area contributed by atoms with E-state index in [1.807, 2.05) is 72.8 Å². The Bertz CT molecular complexity index is 3520. The molecule has 1 aliphatic rings. The quantitative estimate of drug-likeness (QED) is 0.156. The predicted molar refractivity (Wildman–Crippen MR) is 261 cm³/mol. The van der Waals surface area contributed by atoms with Crippen LogP contribution in [0.3, 0.4) is 0 Å². The van der Waals surface area contributed by atoms with E-state index in [1.165, 1.54) is 29.5 Å². The summed E-state index contributed by atoms with van der Waals surface area (Å²) in [4.78, 5) is 9.39. The van der Waals surface area contributed by atoms with Crippen LogP contribution in [0.4, 0.5) is 4.39 Å². The molecule has 0 N–H and O–H groups in total. The van der Waals surface area contributed by atoms with Gasteiger partial charge in [0.05, 0.1) is 23.8 Å². The van der Waals surface area contributed by atoms with Crippen LogP contribution in [0.15, 0.2) is 162 Å². The number of hydrogen-bond donors (Lipinski definition) is 0. The minimum absolute atomic E-state index is 0. The number of para-hydroxylation sites is 4. The van der Waals surface area contributed by atoms with Crippen molar-refractivity contribution in [3.8, 4) is 50.6 Å². The van der Waals surface area contributed by atoms with Crippen molar-refractivity contribution in [1.29, 1.82) is 0 Å². The van der Waals surface area contributed by atoms with Crippen LogP contribution in [0.1, 0.15) is 74.5 Å². The third-order valence-electron chi connectivity index (χ3n) is 12.7. The number of aromatic nitrogens is 3. The topological polar surface area (TPSA) is 43.9 Å². The Balaban J connectivity index is 0.000000205. The number of halogens is 1. The Morgan fingerprint density at radius 2 is 1.52 bits per heavy atom. The Kier molecular flexibility index (Phi) is 10.6. The number of nitrogens with zero attached hydrogens (tertiary/aromatic N) is 3. The molecule has 7 aromatic carbocycles. The van der Waals surface area contributed by atoms with Crippen LogP contribution in [0, 0.1) is 44.1 Å². The van der Waals surface area contributed by atoms with Crippen LogP contribution in [0.25, 0.3) is 83.6 Å². The van der Waals surface area contributed by atoms with Crippen molar-refractivity contribution in [2.45, 2.75) is 66.1 Å². The van der Waals surface area contributed by atoms with Crippen molar-refractivity contribution >= 4 is 33.0 Å². The van der Waals surface area contributed by atoms with E-state index < -0.39 is 12.7 Å². The number of pyridine rings is 1. The average molecular weight is 1030 g/mol. The normalized spacial score (nSPS) is 15.5. The van der Waals surface area contributed by atoms with Gasteiger partial charge in [-0.05, 0) is 114 Å². The van der Waals surface area contributed by atoms with Gasteiger partial charge in [-0.2, -0.15) is 0 Å². The molecule has 6 heteroatoms. The first-order valence-corrected chi connectivity index (χ1v) is 21.8. The van der Waals surface area contributed by atoms with E-state index in [2.05, 4.69) is 85.8 Å². The number of imidazole rings is 1. The van der Waals surface area contributed by atoms with Crippen molar-refractivity contribution in [2.24, 2.45) is 5.41 Å². The molecule has 0 spiro atoms. The monoisotopic (exact) mass is 1030 g/mol. The summed E-state index contributed by atoms with van der Waals surface area (Å²) in [6.45, 7) is 6.24. The van der Waals surface area contributed by atoms with Gasteiger partial charge in [-0.3, -0.25) is 9.37 Å². The van der Waals surface area contributed by atoms with E-state index in [1.54, 1.807) is 24.3 Å². The number of hydrogen-bond acceptors (Lipinski definition) is 3. The first-order valence-electron chi connectivity index (χ1n) is 24.3. The largest absolute Gasteiger partial charge is 0.500 e. The van der Waals surface area contributed by atoms with Gasteiger partial charge in [-0.25, -0.2) is 0 Å². The maximum atomic E-state index is 13.3. The molecule has 11 rings (SSSR count). The summed E-state index contributed by atoms with van der Waals surface area (Å²) in [5.41, 5.74) is 12.7. The van der Waals surface area contributed by atoms with Gasteiger partial charge < -0.3 is 14.0 Å². The molecule has 10 aromatic rings. The zero-order chi connectivity index (χ0) is 48.2. The van der Waals surface area contributed by atoms with E-state index in [0.717, 1.165) is 86.8 Å². The summed E-state index contributed by atoms with van der Waals surface area (Å²) in [7, 11) is 0. The molecule has 0 bridgehead atoms. The van der Waals surface area contributed by atoms with Gasteiger partial charge >= 0.3 is 0 Å². The van der Waals surface area contributed by atoms with Crippen molar-refractivity contribution < 1.29 is 35.8 Å². The molecule has 3 heterocycles. The third kappa shape index (κ3) is 8.61. The molecular formula is C59H50FIrN3O-2. The third-order valence-corrected chi connectivity index (χ3v) is 12.7. The van der Waals surface area contributed by atoms with Gasteiger partial charge in [0.1, 0.15) is 5.58 Å². The summed E-state index contributed by atoms with van der Waals surface area (Å²) >= 11 is 0. The van der Waals surface area contributed by atoms with Crippen molar-refractivity contribution in [2.75, 3.05) is 0 Å². The molecule has 3 aromatic heterocycles. The maximum Gasteiger partial charge on any atom is 0.128 e. The second-order valence-electron chi connectivity index (χ2n) is 17.5. The molecule has 325 valence electrons. The summed E-state index contributed by atoms with van der Waals surface area (Å²) in [5, 5.41) is 1.89. The summed E-state index contributed by atoms with van der Waals surface area (Å²) in [6.07, 6.45) is 4.79. The number of fused-ring (bicyclic) bond motifs is 4. The Morgan fingerprint density at radius 1 is 0.769 bits per heavy atom. The zero-order valence-corrected chi connectivity index (χ0v) is 39.1. The second-order valence-corrected chi connectivity index (χ2v) is 17.5. The van der Waals surface area contributed by atoms with Crippen LogP contribution in [-0.4, -0.2) is 14.5 Å². The molecule has 1 saturated carbocycles. The fourth-order valence-electron chi connectivity index (χ4n) is 9.08. The van der Waals surface area contributed by atoms with E-state index in [-0.39, 0.29) is 42.9 Å². The van der Waals surface area contributed by atoms with Gasteiger partial charge in [0.25, 0.3) is 0 Å².